The van der Waals surface area contributed by atoms with E-state index in [0.717, 1.165) is 0 Å². The van der Waals surface area contributed by atoms with E-state index >= 15 is 0 Å². The van der Waals surface area contributed by atoms with Crippen LogP contribution in [0.1, 0.15) is 11.1 Å². The first kappa shape index (κ1) is 18.7. The van der Waals surface area contributed by atoms with E-state index in [1.165, 1.54) is 28.1 Å². The molecule has 30 heavy (non-hydrogen) atoms. The number of aryl methyl sites for hydroxylation is 2. The fraction of sp³-hybridized carbons (Fsp3) is 0.0714. The summed E-state index contributed by atoms with van der Waals surface area (Å²) in [6, 6.07) is 36.4. The van der Waals surface area contributed by atoms with Gasteiger partial charge in [0, 0.05) is 0 Å². The summed E-state index contributed by atoms with van der Waals surface area (Å²) in [5, 5.41) is 5.95. The summed E-state index contributed by atoms with van der Waals surface area (Å²) in [7, 11) is 0. The Morgan fingerprint density at radius 1 is 0.567 bits per heavy atom. The molecule has 0 amide bonds. The van der Waals surface area contributed by atoms with Crippen LogP contribution >= 0.6 is 0 Å². The van der Waals surface area contributed by atoms with Crippen LogP contribution in [0.25, 0.3) is 21.5 Å². The number of hydrogen-bond acceptors (Lipinski definition) is 0. The standard InChI is InChI=1S/C28H20SeTe/c1-2-9-22(10-3-1)29-24-17-15-20-13-14-21-16-18-26(28(24)27(20)21)30-25-12-6-8-19-7-4-5-11-23(19)25/h1-12,15-18H,13-14H2. The van der Waals surface area contributed by atoms with Gasteiger partial charge >= 0.3 is 195 Å². The maximum atomic E-state index is 2.46. The van der Waals surface area contributed by atoms with Crippen LogP contribution in [0.2, 0.25) is 0 Å². The predicted molar refractivity (Wildman–Crippen MR) is 132 cm³/mol. The molecule has 1 aliphatic rings. The summed E-state index contributed by atoms with van der Waals surface area (Å²) >= 11 is -0.147. The van der Waals surface area contributed by atoms with Crippen molar-refractivity contribution in [1.82, 2.24) is 0 Å². The first-order valence-corrected chi connectivity index (χ1v) is 14.4. The molecule has 0 atom stereocenters. The van der Waals surface area contributed by atoms with Crippen molar-refractivity contribution in [2.45, 2.75) is 12.8 Å². The number of rotatable bonds is 4. The van der Waals surface area contributed by atoms with Gasteiger partial charge in [-0.25, -0.2) is 0 Å². The van der Waals surface area contributed by atoms with Crippen LogP contribution in [0.4, 0.5) is 0 Å². The van der Waals surface area contributed by atoms with Crippen molar-refractivity contribution < 1.29 is 0 Å². The Morgan fingerprint density at radius 3 is 2.17 bits per heavy atom. The second kappa shape index (κ2) is 7.88. The molecular formula is C28H20SeTe. The molecule has 0 N–H and O–H groups in total. The van der Waals surface area contributed by atoms with Crippen LogP contribution in [-0.4, -0.2) is 35.9 Å². The Bertz CT molecular complexity index is 1370. The molecular weight excluding hydrogens is 543 g/mol. The van der Waals surface area contributed by atoms with E-state index in [1.54, 1.807) is 33.6 Å². The number of fused-ring (bicyclic) bond motifs is 1. The van der Waals surface area contributed by atoms with Crippen LogP contribution in [0.5, 0.6) is 0 Å². The molecule has 0 radical (unpaired) electrons. The minimum absolute atomic E-state index is 0.335. The van der Waals surface area contributed by atoms with Gasteiger partial charge in [0.15, 0.2) is 0 Å². The molecule has 0 saturated carbocycles. The average Bonchev–Trinajstić information content (AvgIpc) is 3.22. The third-order valence-electron chi connectivity index (χ3n) is 5.86. The van der Waals surface area contributed by atoms with E-state index in [2.05, 4.69) is 97.1 Å². The topological polar surface area (TPSA) is 0 Å². The van der Waals surface area contributed by atoms with Crippen molar-refractivity contribution in [2.24, 2.45) is 0 Å². The molecule has 0 heterocycles. The van der Waals surface area contributed by atoms with Gasteiger partial charge in [0.25, 0.3) is 0 Å². The van der Waals surface area contributed by atoms with Crippen LogP contribution < -0.4 is 16.1 Å². The zero-order chi connectivity index (χ0) is 19.9. The third-order valence-corrected chi connectivity index (χ3v) is 11.3. The van der Waals surface area contributed by atoms with Crippen molar-refractivity contribution >= 4 is 73.6 Å². The van der Waals surface area contributed by atoms with Crippen molar-refractivity contribution in [3.05, 3.63) is 108 Å². The van der Waals surface area contributed by atoms with Gasteiger partial charge in [-0.1, -0.05) is 0 Å². The molecule has 5 aromatic carbocycles. The zero-order valence-electron chi connectivity index (χ0n) is 16.5. The van der Waals surface area contributed by atoms with E-state index in [0.29, 0.717) is 15.0 Å². The van der Waals surface area contributed by atoms with Gasteiger partial charge in [-0.05, 0) is 0 Å². The molecule has 0 nitrogen and oxygen atoms in total. The Morgan fingerprint density at radius 2 is 1.30 bits per heavy atom. The van der Waals surface area contributed by atoms with Gasteiger partial charge < -0.3 is 0 Å². The summed E-state index contributed by atoms with van der Waals surface area (Å²) < 4.78 is 6.17. The normalized spacial score (nSPS) is 12.7. The summed E-state index contributed by atoms with van der Waals surface area (Å²) in [6.07, 6.45) is 2.39. The van der Waals surface area contributed by atoms with Crippen LogP contribution in [0.3, 0.4) is 0 Å². The number of benzene rings is 5. The monoisotopic (exact) mass is 566 g/mol. The van der Waals surface area contributed by atoms with Crippen molar-refractivity contribution in [2.75, 3.05) is 0 Å². The predicted octanol–water partition coefficient (Wildman–Crippen LogP) is 3.40. The molecule has 5 aromatic rings. The summed E-state index contributed by atoms with van der Waals surface area (Å²) in [4.78, 5) is 0. The van der Waals surface area contributed by atoms with Gasteiger partial charge in [0.1, 0.15) is 0 Å². The van der Waals surface area contributed by atoms with E-state index in [1.807, 2.05) is 0 Å². The Hall–Kier alpha value is -2.07. The zero-order valence-corrected chi connectivity index (χ0v) is 20.5. The minimum atomic E-state index is -0.482. The van der Waals surface area contributed by atoms with Crippen molar-refractivity contribution in [3.8, 4) is 0 Å². The van der Waals surface area contributed by atoms with Gasteiger partial charge in [0.05, 0.1) is 0 Å². The maximum absolute atomic E-state index is 2.46. The fourth-order valence-corrected chi connectivity index (χ4v) is 10.2. The second-order valence-electron chi connectivity index (χ2n) is 7.69. The SMILES string of the molecule is c1ccc([Se]c2ccc3c4c(ccc([Te]c5cccc6ccccc56)c24)CC3)cc1. The molecule has 1 aliphatic carbocycles. The fourth-order valence-electron chi connectivity index (χ4n) is 4.46. The van der Waals surface area contributed by atoms with Crippen LogP contribution in [-0.2, 0) is 12.8 Å². The molecule has 0 fully saturated rings. The quantitative estimate of drug-likeness (QED) is 0.295. The molecule has 0 unspecified atom stereocenters. The first-order valence-electron chi connectivity index (χ1n) is 10.3. The van der Waals surface area contributed by atoms with Gasteiger partial charge in [0.2, 0.25) is 0 Å². The molecule has 0 spiro atoms. The average molecular weight is 563 g/mol. The molecule has 144 valence electrons. The van der Waals surface area contributed by atoms with Gasteiger partial charge in [-0.3, -0.25) is 0 Å². The molecule has 0 saturated heterocycles. The van der Waals surface area contributed by atoms with Crippen molar-refractivity contribution in [1.29, 1.82) is 0 Å². The second-order valence-corrected chi connectivity index (χ2v) is 13.1. The Labute approximate surface area is 193 Å². The Balaban J connectivity index is 1.54. The van der Waals surface area contributed by atoms with Crippen molar-refractivity contribution in [3.63, 3.8) is 0 Å². The summed E-state index contributed by atoms with van der Waals surface area (Å²) in [5.41, 5.74) is 3.11. The first-order chi connectivity index (χ1) is 14.9. The van der Waals surface area contributed by atoms with E-state index in [-0.39, 0.29) is 0 Å². The van der Waals surface area contributed by atoms with Crippen LogP contribution in [0, 0.1) is 0 Å². The van der Waals surface area contributed by atoms with Gasteiger partial charge in [-0.2, -0.15) is 0 Å². The van der Waals surface area contributed by atoms with Gasteiger partial charge in [-0.15, -0.1) is 0 Å². The molecule has 6 rings (SSSR count). The van der Waals surface area contributed by atoms with Crippen LogP contribution in [0.15, 0.2) is 97.1 Å². The molecule has 0 bridgehead atoms. The summed E-state index contributed by atoms with van der Waals surface area (Å²) in [5.74, 6) is 0. The number of hydrogen-bond donors (Lipinski definition) is 0. The van der Waals surface area contributed by atoms with E-state index in [9.17, 15) is 0 Å². The summed E-state index contributed by atoms with van der Waals surface area (Å²) in [6.45, 7) is 0. The Kier molecular flexibility index (Phi) is 4.91. The third kappa shape index (κ3) is 3.30. The van der Waals surface area contributed by atoms with E-state index in [4.69, 9.17) is 0 Å². The molecule has 0 aliphatic heterocycles. The van der Waals surface area contributed by atoms with E-state index < -0.39 is 20.9 Å². The molecule has 2 heteroatoms. The molecule has 0 aromatic heterocycles.